The Bertz CT molecular complexity index is 872. The number of nitrogens with zero attached hydrogens (tertiary/aromatic N) is 3. The highest BCUT2D eigenvalue weighted by atomic mass is 32.1. The summed E-state index contributed by atoms with van der Waals surface area (Å²) >= 11 is 1.66. The van der Waals surface area contributed by atoms with Gasteiger partial charge in [0.2, 0.25) is 0 Å². The van der Waals surface area contributed by atoms with Gasteiger partial charge in [-0.05, 0) is 44.2 Å². The summed E-state index contributed by atoms with van der Waals surface area (Å²) in [6.07, 6.45) is 5.28. The Hall–Kier alpha value is -2.32. The number of benzene rings is 1. The minimum Gasteiger partial charge on any atom is -0.490 e. The number of hydrogen-bond donors (Lipinski definition) is 0. The molecule has 0 saturated carbocycles. The number of thiophene rings is 1. The molecule has 4 heterocycles. The highest BCUT2D eigenvalue weighted by molar-refractivity contribution is 7.20. The number of ether oxygens (including phenoxy) is 1. The van der Waals surface area contributed by atoms with Crippen molar-refractivity contribution in [3.05, 3.63) is 41.0 Å². The number of piperidine rings is 1. The number of anilines is 1. The van der Waals surface area contributed by atoms with Crippen LogP contribution >= 0.6 is 11.3 Å². The molecule has 1 aromatic heterocycles. The molecule has 2 aromatic rings. The molecule has 4 nitrogen and oxygen atoms in total. The number of fused-ring (bicyclic) bond motifs is 2. The first-order valence-corrected chi connectivity index (χ1v) is 10.1. The zero-order valence-corrected chi connectivity index (χ0v) is 16.1. The van der Waals surface area contributed by atoms with Crippen LogP contribution < -0.4 is 9.64 Å². The molecule has 3 aliphatic heterocycles. The first-order valence-electron chi connectivity index (χ1n) is 9.32. The SMILES string of the molecule is CC[C@H](C)Oc1ccccc1C=Nc1sc2c(c1C#N)C1CCN2CC1. The summed E-state index contributed by atoms with van der Waals surface area (Å²) in [6, 6.07) is 10.4. The third kappa shape index (κ3) is 2.99. The van der Waals surface area contributed by atoms with E-state index in [1.165, 1.54) is 10.6 Å². The number of aliphatic imine (C=N–C) groups is 1. The standard InChI is InChI=1S/C21H23N3OS/c1-3-14(2)25-18-7-5-4-6-16(18)13-23-20-17(12-22)19-15-8-10-24(11-9-15)21(19)26-20/h4-7,13-15H,3,8-11H2,1-2H3/t14-/m0/s1. The molecule has 1 atom stereocenters. The number of hydrogen-bond acceptors (Lipinski definition) is 5. The van der Waals surface area contributed by atoms with Crippen molar-refractivity contribution in [1.29, 1.82) is 5.26 Å². The van der Waals surface area contributed by atoms with Crippen LogP contribution in [0.5, 0.6) is 5.75 Å². The van der Waals surface area contributed by atoms with Gasteiger partial charge in [0.15, 0.2) is 0 Å². The fraction of sp³-hybridized carbons (Fsp3) is 0.429. The lowest BCUT2D eigenvalue weighted by atomic mass is 9.84. The lowest BCUT2D eigenvalue weighted by molar-refractivity contribution is 0.217. The average Bonchev–Trinajstić information content (AvgIpc) is 3.08. The van der Waals surface area contributed by atoms with Crippen molar-refractivity contribution in [2.45, 2.75) is 45.1 Å². The predicted molar refractivity (Wildman–Crippen MR) is 107 cm³/mol. The molecule has 2 bridgehead atoms. The first-order chi connectivity index (χ1) is 12.7. The van der Waals surface area contributed by atoms with Crippen LogP contribution in [-0.4, -0.2) is 25.4 Å². The van der Waals surface area contributed by atoms with Gasteiger partial charge in [0.1, 0.15) is 16.8 Å². The van der Waals surface area contributed by atoms with Gasteiger partial charge < -0.3 is 9.64 Å². The Kier molecular flexibility index (Phi) is 4.69. The second-order valence-corrected chi connectivity index (χ2v) is 7.98. The van der Waals surface area contributed by atoms with Crippen LogP contribution in [-0.2, 0) is 0 Å². The summed E-state index contributed by atoms with van der Waals surface area (Å²) in [6.45, 7) is 6.40. The van der Waals surface area contributed by atoms with Crippen LogP contribution in [0.3, 0.4) is 0 Å². The number of para-hydroxylation sites is 1. The minimum atomic E-state index is 0.164. The molecule has 1 aromatic carbocycles. The van der Waals surface area contributed by atoms with Crippen LogP contribution in [0, 0.1) is 11.3 Å². The Morgan fingerprint density at radius 1 is 1.38 bits per heavy atom. The van der Waals surface area contributed by atoms with E-state index >= 15 is 0 Å². The van der Waals surface area contributed by atoms with E-state index < -0.39 is 0 Å². The average molecular weight is 366 g/mol. The van der Waals surface area contributed by atoms with Crippen molar-refractivity contribution in [2.75, 3.05) is 18.0 Å². The van der Waals surface area contributed by atoms with Crippen LogP contribution in [0.25, 0.3) is 0 Å². The second kappa shape index (κ2) is 7.13. The minimum absolute atomic E-state index is 0.164. The van der Waals surface area contributed by atoms with Crippen molar-refractivity contribution >= 4 is 27.6 Å². The molecule has 1 saturated heterocycles. The fourth-order valence-electron chi connectivity index (χ4n) is 3.73. The van der Waals surface area contributed by atoms with E-state index in [-0.39, 0.29) is 6.10 Å². The molecule has 26 heavy (non-hydrogen) atoms. The van der Waals surface area contributed by atoms with Gasteiger partial charge >= 0.3 is 0 Å². The van der Waals surface area contributed by atoms with E-state index in [4.69, 9.17) is 9.73 Å². The smallest absolute Gasteiger partial charge is 0.136 e. The summed E-state index contributed by atoms with van der Waals surface area (Å²) in [5.74, 6) is 1.38. The maximum absolute atomic E-state index is 9.73. The molecule has 0 radical (unpaired) electrons. The van der Waals surface area contributed by atoms with Crippen LogP contribution in [0.4, 0.5) is 10.0 Å². The van der Waals surface area contributed by atoms with Crippen molar-refractivity contribution in [1.82, 2.24) is 0 Å². The van der Waals surface area contributed by atoms with Gasteiger partial charge in [0.25, 0.3) is 0 Å². The third-order valence-corrected chi connectivity index (χ3v) is 6.53. The van der Waals surface area contributed by atoms with E-state index in [1.54, 1.807) is 11.3 Å². The van der Waals surface area contributed by atoms with Gasteiger partial charge in [-0.25, -0.2) is 4.99 Å². The van der Waals surface area contributed by atoms with Crippen molar-refractivity contribution in [2.24, 2.45) is 4.99 Å². The fourth-order valence-corrected chi connectivity index (χ4v) is 4.96. The summed E-state index contributed by atoms with van der Waals surface area (Å²) < 4.78 is 6.00. The van der Waals surface area contributed by atoms with Gasteiger partial charge in [0, 0.05) is 30.4 Å². The lowest BCUT2D eigenvalue weighted by Crippen LogP contribution is -2.37. The molecule has 0 aliphatic carbocycles. The molecular formula is C21H23N3OS. The zero-order chi connectivity index (χ0) is 18.1. The largest absolute Gasteiger partial charge is 0.490 e. The van der Waals surface area contributed by atoms with E-state index in [0.29, 0.717) is 5.92 Å². The van der Waals surface area contributed by atoms with Gasteiger partial charge in [0.05, 0.1) is 16.7 Å². The quantitative estimate of drug-likeness (QED) is 0.680. The normalized spacial score (nSPS) is 17.3. The van der Waals surface area contributed by atoms with Gasteiger partial charge in [-0.2, -0.15) is 5.26 Å². The maximum atomic E-state index is 9.73. The summed E-state index contributed by atoms with van der Waals surface area (Å²) in [4.78, 5) is 7.12. The van der Waals surface area contributed by atoms with Crippen molar-refractivity contribution in [3.8, 4) is 11.8 Å². The highest BCUT2D eigenvalue weighted by Crippen LogP contribution is 2.52. The molecule has 0 N–H and O–H groups in total. The summed E-state index contributed by atoms with van der Waals surface area (Å²) in [5, 5.41) is 11.8. The van der Waals surface area contributed by atoms with Crippen LogP contribution in [0.1, 0.15) is 55.7 Å². The molecule has 0 amide bonds. The third-order valence-electron chi connectivity index (χ3n) is 5.35. The Labute approximate surface area is 158 Å². The lowest BCUT2D eigenvalue weighted by Gasteiger charge is -2.39. The van der Waals surface area contributed by atoms with E-state index in [9.17, 15) is 5.26 Å². The second-order valence-electron chi connectivity index (χ2n) is 7.01. The molecule has 5 heteroatoms. The highest BCUT2D eigenvalue weighted by Gasteiger charge is 2.36. The van der Waals surface area contributed by atoms with Crippen LogP contribution in [0.2, 0.25) is 0 Å². The zero-order valence-electron chi connectivity index (χ0n) is 15.2. The van der Waals surface area contributed by atoms with Gasteiger partial charge in [-0.3, -0.25) is 0 Å². The van der Waals surface area contributed by atoms with Gasteiger partial charge in [-0.1, -0.05) is 30.4 Å². The van der Waals surface area contributed by atoms with E-state index in [1.807, 2.05) is 30.5 Å². The molecule has 3 aliphatic rings. The monoisotopic (exact) mass is 365 g/mol. The van der Waals surface area contributed by atoms with Crippen molar-refractivity contribution in [3.63, 3.8) is 0 Å². The summed E-state index contributed by atoms with van der Waals surface area (Å²) in [5.41, 5.74) is 2.97. The molecule has 0 unspecified atom stereocenters. The maximum Gasteiger partial charge on any atom is 0.136 e. The van der Waals surface area contributed by atoms with E-state index in [0.717, 1.165) is 54.2 Å². The molecule has 0 spiro atoms. The molecular weight excluding hydrogens is 342 g/mol. The summed E-state index contributed by atoms with van der Waals surface area (Å²) in [7, 11) is 0. The van der Waals surface area contributed by atoms with Crippen molar-refractivity contribution < 1.29 is 4.74 Å². The Morgan fingerprint density at radius 2 is 2.15 bits per heavy atom. The molecule has 1 fully saturated rings. The molecule has 134 valence electrons. The Balaban J connectivity index is 1.67. The topological polar surface area (TPSA) is 48.6 Å². The molecule has 5 rings (SSSR count). The number of rotatable bonds is 5. The number of nitriles is 1. The Morgan fingerprint density at radius 3 is 2.88 bits per heavy atom. The first kappa shape index (κ1) is 17.1. The predicted octanol–water partition coefficient (Wildman–Crippen LogP) is 5.25. The van der Waals surface area contributed by atoms with Crippen LogP contribution in [0.15, 0.2) is 29.3 Å². The van der Waals surface area contributed by atoms with E-state index in [2.05, 4.69) is 24.8 Å². The van der Waals surface area contributed by atoms with Gasteiger partial charge in [-0.15, -0.1) is 0 Å².